The number of hydrazone groups is 1. The van der Waals surface area contributed by atoms with Crippen LogP contribution >= 0.6 is 0 Å². The Balaban J connectivity index is 1.71. The number of tetrazole rings is 1. The molecule has 0 bridgehead atoms. The molecule has 2 aromatic rings. The first-order chi connectivity index (χ1) is 9.92. The molecule has 0 unspecified atom stereocenters. The zero-order chi connectivity index (χ0) is 13.4. The van der Waals surface area contributed by atoms with E-state index in [4.69, 9.17) is 0 Å². The Morgan fingerprint density at radius 3 is 3.00 bits per heavy atom. The molecule has 0 saturated heterocycles. The van der Waals surface area contributed by atoms with Crippen molar-refractivity contribution in [3.63, 3.8) is 0 Å². The minimum Gasteiger partial charge on any atom is -0.242 e. The number of nitrogens with zero attached hydrogens (tertiary/aromatic N) is 4. The molecule has 6 nitrogen and oxygen atoms in total. The van der Waals surface area contributed by atoms with Crippen LogP contribution in [0, 0.1) is 0 Å². The first kappa shape index (κ1) is 10.9. The topological polar surface area (TPSA) is 78.9 Å². The van der Waals surface area contributed by atoms with E-state index in [2.05, 4.69) is 55.4 Å². The Bertz CT molecular complexity index is 780. The van der Waals surface area contributed by atoms with Crippen LogP contribution in [0.3, 0.4) is 0 Å². The number of anilines is 1. The first-order valence-corrected chi connectivity index (χ1v) is 6.19. The van der Waals surface area contributed by atoms with Crippen molar-refractivity contribution in [2.75, 3.05) is 5.43 Å². The van der Waals surface area contributed by atoms with Gasteiger partial charge in [0.25, 0.3) is 5.95 Å². The highest BCUT2D eigenvalue weighted by molar-refractivity contribution is 6.26. The van der Waals surface area contributed by atoms with Gasteiger partial charge in [-0.2, -0.15) is 10.3 Å². The van der Waals surface area contributed by atoms with E-state index in [1.807, 2.05) is 24.3 Å². The van der Waals surface area contributed by atoms with Gasteiger partial charge in [-0.1, -0.05) is 41.5 Å². The highest BCUT2D eigenvalue weighted by Gasteiger charge is 2.22. The molecule has 1 heterocycles. The third-order valence-corrected chi connectivity index (χ3v) is 3.26. The third kappa shape index (κ3) is 1.66. The van der Waals surface area contributed by atoms with Crippen LogP contribution < -0.4 is 5.43 Å². The quantitative estimate of drug-likeness (QED) is 0.811. The number of aromatic amines is 1. The van der Waals surface area contributed by atoms with Crippen LogP contribution in [0.25, 0.3) is 11.6 Å². The molecule has 2 aliphatic carbocycles. The van der Waals surface area contributed by atoms with Gasteiger partial charge in [0.1, 0.15) is 0 Å². The van der Waals surface area contributed by atoms with Crippen molar-refractivity contribution in [2.24, 2.45) is 5.10 Å². The normalized spacial score (nSPS) is 17.5. The fraction of sp³-hybridized carbons (Fsp3) is 0. The van der Waals surface area contributed by atoms with Crippen LogP contribution in [0.15, 0.2) is 53.2 Å². The number of allylic oxidation sites excluding steroid dienone is 5. The molecule has 0 atom stereocenters. The van der Waals surface area contributed by atoms with Gasteiger partial charge in [0.05, 0.1) is 5.71 Å². The van der Waals surface area contributed by atoms with E-state index in [9.17, 15) is 0 Å². The van der Waals surface area contributed by atoms with Gasteiger partial charge < -0.3 is 0 Å². The fourth-order valence-corrected chi connectivity index (χ4v) is 2.38. The lowest BCUT2D eigenvalue weighted by molar-refractivity contribution is 0.881. The van der Waals surface area contributed by atoms with Crippen molar-refractivity contribution in [1.29, 1.82) is 0 Å². The predicted octanol–water partition coefficient (Wildman–Crippen LogP) is 2.02. The second-order valence-electron chi connectivity index (χ2n) is 4.43. The lowest BCUT2D eigenvalue weighted by Gasteiger charge is -2.10. The minimum absolute atomic E-state index is 0.345. The van der Waals surface area contributed by atoms with Gasteiger partial charge in [0.2, 0.25) is 0 Å². The molecular weight excluding hydrogens is 252 g/mol. The SMILES string of the molecule is C1=CC(=NNc2nn[nH]n2)C2=Cc3ccccc3C2=C1. The molecule has 4 rings (SSSR count). The maximum atomic E-state index is 4.34. The van der Waals surface area contributed by atoms with Gasteiger partial charge in [-0.25, -0.2) is 5.43 Å². The minimum atomic E-state index is 0.345. The van der Waals surface area contributed by atoms with Crippen molar-refractivity contribution < 1.29 is 0 Å². The summed E-state index contributed by atoms with van der Waals surface area (Å²) in [4.78, 5) is 0. The van der Waals surface area contributed by atoms with Crippen LogP contribution in [-0.4, -0.2) is 26.3 Å². The van der Waals surface area contributed by atoms with Crippen LogP contribution in [0.2, 0.25) is 0 Å². The van der Waals surface area contributed by atoms with Crippen molar-refractivity contribution in [1.82, 2.24) is 20.6 Å². The molecule has 0 aliphatic heterocycles. The second kappa shape index (κ2) is 4.27. The van der Waals surface area contributed by atoms with Gasteiger partial charge in [-0.05, 0) is 34.1 Å². The highest BCUT2D eigenvalue weighted by Crippen LogP contribution is 2.37. The first-order valence-electron chi connectivity index (χ1n) is 6.19. The van der Waals surface area contributed by atoms with Gasteiger partial charge >= 0.3 is 0 Å². The summed E-state index contributed by atoms with van der Waals surface area (Å²) in [5.74, 6) is 0.345. The lowest BCUT2D eigenvalue weighted by atomic mass is 9.96. The molecule has 6 heteroatoms. The Morgan fingerprint density at radius 1 is 1.15 bits per heavy atom. The second-order valence-corrected chi connectivity index (χ2v) is 4.43. The molecule has 2 N–H and O–H groups in total. The summed E-state index contributed by atoms with van der Waals surface area (Å²) < 4.78 is 0. The molecule has 1 aromatic carbocycles. The number of aromatic nitrogens is 4. The molecule has 20 heavy (non-hydrogen) atoms. The Hall–Kier alpha value is -3.02. The molecule has 0 fully saturated rings. The zero-order valence-corrected chi connectivity index (χ0v) is 10.4. The standard InChI is InChI=1S/C14H10N6/c1-2-5-10-9(4-1)8-12-11(10)6-3-7-13(12)15-16-14-17-19-20-18-14/h1-8H,(H2,16,17,18,19,20). The number of hydrogen-bond donors (Lipinski definition) is 2. The molecule has 0 amide bonds. The number of H-pyrrole nitrogens is 1. The number of nitrogens with one attached hydrogen (secondary N) is 2. The molecule has 0 saturated carbocycles. The summed E-state index contributed by atoms with van der Waals surface area (Å²) in [6.07, 6.45) is 8.19. The van der Waals surface area contributed by atoms with E-state index in [1.54, 1.807) is 0 Å². The summed E-state index contributed by atoms with van der Waals surface area (Å²) in [6, 6.07) is 8.30. The average Bonchev–Trinajstić information content (AvgIpc) is 3.12. The van der Waals surface area contributed by atoms with Crippen LogP contribution in [0.1, 0.15) is 11.1 Å². The Kier molecular flexibility index (Phi) is 2.32. The predicted molar refractivity (Wildman–Crippen MR) is 76.8 cm³/mol. The summed E-state index contributed by atoms with van der Waals surface area (Å²) in [7, 11) is 0. The van der Waals surface area contributed by atoms with E-state index in [0.29, 0.717) is 5.95 Å². The zero-order valence-electron chi connectivity index (χ0n) is 10.4. The van der Waals surface area contributed by atoms with Gasteiger partial charge in [-0.15, -0.1) is 5.10 Å². The van der Waals surface area contributed by atoms with Gasteiger partial charge in [0, 0.05) is 5.57 Å². The number of benzene rings is 1. The molecule has 1 aromatic heterocycles. The van der Waals surface area contributed by atoms with E-state index in [0.717, 1.165) is 11.3 Å². The van der Waals surface area contributed by atoms with Crippen LogP contribution in [0.4, 0.5) is 5.95 Å². The van der Waals surface area contributed by atoms with Gasteiger partial charge in [-0.3, -0.25) is 0 Å². The van der Waals surface area contributed by atoms with Crippen LogP contribution in [-0.2, 0) is 0 Å². The van der Waals surface area contributed by atoms with Crippen molar-refractivity contribution in [2.45, 2.75) is 0 Å². The third-order valence-electron chi connectivity index (χ3n) is 3.26. The van der Waals surface area contributed by atoms with E-state index in [1.165, 1.54) is 16.7 Å². The van der Waals surface area contributed by atoms with Crippen molar-refractivity contribution in [3.05, 3.63) is 59.2 Å². The summed E-state index contributed by atoms with van der Waals surface area (Å²) >= 11 is 0. The molecule has 2 aliphatic rings. The smallest absolute Gasteiger partial charge is 0.242 e. The molecule has 0 spiro atoms. The lowest BCUT2D eigenvalue weighted by Crippen LogP contribution is -2.06. The monoisotopic (exact) mass is 262 g/mol. The number of fused-ring (bicyclic) bond motifs is 3. The maximum absolute atomic E-state index is 4.34. The van der Waals surface area contributed by atoms with Crippen molar-refractivity contribution in [3.8, 4) is 0 Å². The fourth-order valence-electron chi connectivity index (χ4n) is 2.38. The summed E-state index contributed by atoms with van der Waals surface area (Å²) in [5.41, 5.74) is 8.38. The number of rotatable bonds is 2. The van der Waals surface area contributed by atoms with E-state index in [-0.39, 0.29) is 0 Å². The van der Waals surface area contributed by atoms with E-state index < -0.39 is 0 Å². The average molecular weight is 262 g/mol. The van der Waals surface area contributed by atoms with Gasteiger partial charge in [0.15, 0.2) is 0 Å². The highest BCUT2D eigenvalue weighted by atomic mass is 15.5. The molecule has 96 valence electrons. The van der Waals surface area contributed by atoms with E-state index >= 15 is 0 Å². The summed E-state index contributed by atoms with van der Waals surface area (Å²) in [5, 5.41) is 17.8. The Labute approximate surface area is 114 Å². The van der Waals surface area contributed by atoms with Crippen LogP contribution in [0.5, 0.6) is 0 Å². The maximum Gasteiger partial charge on any atom is 0.283 e. The Morgan fingerprint density at radius 2 is 2.10 bits per heavy atom. The number of hydrogen-bond acceptors (Lipinski definition) is 5. The summed E-state index contributed by atoms with van der Waals surface area (Å²) in [6.45, 7) is 0. The molecular formula is C14H10N6. The molecule has 0 radical (unpaired) electrons. The largest absolute Gasteiger partial charge is 0.283 e. The van der Waals surface area contributed by atoms with Crippen molar-refractivity contribution >= 4 is 23.3 Å².